The molecule has 4 aromatic rings. The fourth-order valence-electron chi connectivity index (χ4n) is 3.73. The third-order valence-corrected chi connectivity index (χ3v) is 5.64. The van der Waals surface area contributed by atoms with E-state index >= 15 is 0 Å². The second kappa shape index (κ2) is 9.34. The lowest BCUT2D eigenvalue weighted by Crippen LogP contribution is -2.23. The number of esters is 1. The monoisotopic (exact) mass is 462 g/mol. The molecule has 10 nitrogen and oxygen atoms in total. The van der Waals surface area contributed by atoms with Crippen LogP contribution in [0.5, 0.6) is 5.75 Å². The van der Waals surface area contributed by atoms with Crippen LogP contribution in [0.15, 0.2) is 41.2 Å². The lowest BCUT2D eigenvalue weighted by Gasteiger charge is -2.14. The number of nitrogens with zero attached hydrogens (tertiary/aromatic N) is 5. The number of H-pyrrole nitrogens is 1. The van der Waals surface area contributed by atoms with Crippen molar-refractivity contribution in [3.8, 4) is 22.7 Å². The number of rotatable bonds is 7. The maximum Gasteiger partial charge on any atom is 0.368 e. The minimum atomic E-state index is -0.424. The Hall–Kier alpha value is -4.21. The van der Waals surface area contributed by atoms with E-state index in [1.807, 2.05) is 57.2 Å². The summed E-state index contributed by atoms with van der Waals surface area (Å²) in [5.74, 6) is 0.273. The number of tetrazole rings is 1. The molecule has 0 fully saturated rings. The first-order valence-electron chi connectivity index (χ1n) is 10.9. The van der Waals surface area contributed by atoms with Gasteiger partial charge < -0.3 is 9.47 Å². The second-order valence-electron chi connectivity index (χ2n) is 7.93. The van der Waals surface area contributed by atoms with Gasteiger partial charge in [0.1, 0.15) is 18.1 Å². The van der Waals surface area contributed by atoms with Crippen LogP contribution in [0.3, 0.4) is 0 Å². The van der Waals surface area contributed by atoms with E-state index in [2.05, 4.69) is 20.6 Å². The van der Waals surface area contributed by atoms with Gasteiger partial charge >= 0.3 is 11.7 Å². The summed E-state index contributed by atoms with van der Waals surface area (Å²) in [4.78, 5) is 24.5. The second-order valence-corrected chi connectivity index (χ2v) is 7.93. The largest absolute Gasteiger partial charge is 0.489 e. The van der Waals surface area contributed by atoms with Crippen LogP contribution >= 0.6 is 0 Å². The normalized spacial score (nSPS) is 11.0. The van der Waals surface area contributed by atoms with Gasteiger partial charge in [0.15, 0.2) is 0 Å². The van der Waals surface area contributed by atoms with E-state index in [1.165, 1.54) is 9.36 Å². The highest BCUT2D eigenvalue weighted by Crippen LogP contribution is 2.29. The van der Waals surface area contributed by atoms with E-state index in [1.54, 1.807) is 14.0 Å². The molecule has 0 aliphatic carbocycles. The average Bonchev–Trinajstić information content (AvgIpc) is 3.35. The van der Waals surface area contributed by atoms with E-state index in [-0.39, 0.29) is 12.3 Å². The molecule has 0 atom stereocenters. The van der Waals surface area contributed by atoms with Crippen LogP contribution in [-0.2, 0) is 18.4 Å². The Morgan fingerprint density at radius 1 is 1.09 bits per heavy atom. The van der Waals surface area contributed by atoms with Crippen LogP contribution < -0.4 is 10.4 Å². The highest BCUT2D eigenvalue weighted by atomic mass is 16.5. The molecule has 0 saturated carbocycles. The lowest BCUT2D eigenvalue weighted by molar-refractivity contribution is 0.0518. The number of carbonyl (C=O) groups is 1. The summed E-state index contributed by atoms with van der Waals surface area (Å²) in [6, 6.07) is 11.4. The van der Waals surface area contributed by atoms with E-state index in [9.17, 15) is 9.59 Å². The van der Waals surface area contributed by atoms with E-state index < -0.39 is 5.97 Å². The molecule has 34 heavy (non-hydrogen) atoms. The van der Waals surface area contributed by atoms with Gasteiger partial charge in [-0.1, -0.05) is 12.1 Å². The van der Waals surface area contributed by atoms with E-state index in [0.717, 1.165) is 27.8 Å². The number of aromatic nitrogens is 6. The van der Waals surface area contributed by atoms with Crippen molar-refractivity contribution < 1.29 is 14.3 Å². The number of aromatic amines is 1. The number of aryl methyl sites for hydroxylation is 3. The summed E-state index contributed by atoms with van der Waals surface area (Å²) in [5, 5.41) is 14.8. The maximum absolute atomic E-state index is 12.4. The number of hydrogen-bond donors (Lipinski definition) is 1. The number of benzene rings is 2. The highest BCUT2D eigenvalue weighted by molar-refractivity contribution is 5.91. The molecule has 0 radical (unpaired) electrons. The van der Waals surface area contributed by atoms with Gasteiger partial charge in [-0.05, 0) is 73.5 Å². The first kappa shape index (κ1) is 23.0. The van der Waals surface area contributed by atoms with Crippen LogP contribution in [0.4, 0.5) is 0 Å². The van der Waals surface area contributed by atoms with Crippen LogP contribution in [0.1, 0.15) is 39.7 Å². The predicted molar refractivity (Wildman–Crippen MR) is 125 cm³/mol. The molecule has 0 spiro atoms. The molecule has 0 saturated heterocycles. The summed E-state index contributed by atoms with van der Waals surface area (Å²) in [6.07, 6.45) is 0. The van der Waals surface area contributed by atoms with Crippen molar-refractivity contribution in [2.24, 2.45) is 7.05 Å². The summed E-state index contributed by atoms with van der Waals surface area (Å²) < 4.78 is 13.7. The third-order valence-electron chi connectivity index (χ3n) is 5.64. The summed E-state index contributed by atoms with van der Waals surface area (Å²) in [7, 11) is 1.56. The van der Waals surface area contributed by atoms with Crippen molar-refractivity contribution in [1.82, 2.24) is 30.0 Å². The molecule has 4 rings (SSSR count). The van der Waals surface area contributed by atoms with E-state index in [0.29, 0.717) is 29.4 Å². The zero-order valence-electron chi connectivity index (χ0n) is 19.7. The van der Waals surface area contributed by atoms with Crippen molar-refractivity contribution >= 4 is 5.97 Å². The Balaban J connectivity index is 1.58. The van der Waals surface area contributed by atoms with Gasteiger partial charge in [0.05, 0.1) is 18.0 Å². The van der Waals surface area contributed by atoms with Gasteiger partial charge in [-0.3, -0.25) is 5.10 Å². The molecule has 2 aromatic heterocycles. The van der Waals surface area contributed by atoms with Crippen LogP contribution in [0, 0.1) is 20.8 Å². The first-order valence-corrected chi connectivity index (χ1v) is 10.9. The Kier molecular flexibility index (Phi) is 6.31. The summed E-state index contributed by atoms with van der Waals surface area (Å²) in [5.41, 5.74) is 5.64. The standard InChI is InChI=1S/C24H26N6O4/c1-6-33-23(31)22-16(4)21(25-26-22)17-10-11-20(15(3)12-17)34-13-18-14(2)8-7-9-19(18)30-24(32)29(5)27-28-30/h7-12H,6,13H2,1-5H3,(H,25,26). The Morgan fingerprint density at radius 3 is 2.56 bits per heavy atom. The lowest BCUT2D eigenvalue weighted by atomic mass is 10.0. The minimum Gasteiger partial charge on any atom is -0.489 e. The number of carbonyl (C=O) groups excluding carboxylic acids is 1. The Bertz CT molecular complexity index is 1420. The summed E-state index contributed by atoms with van der Waals surface area (Å²) in [6.45, 7) is 8.04. The fourth-order valence-corrected chi connectivity index (χ4v) is 3.73. The molecule has 0 unspecified atom stereocenters. The number of ether oxygens (including phenoxy) is 2. The van der Waals surface area contributed by atoms with Crippen molar-refractivity contribution in [2.75, 3.05) is 6.61 Å². The molecule has 176 valence electrons. The molecule has 1 N–H and O–H groups in total. The predicted octanol–water partition coefficient (Wildman–Crippen LogP) is 3.04. The maximum atomic E-state index is 12.4. The Labute approximate surface area is 196 Å². The molecule has 0 aliphatic heterocycles. The van der Waals surface area contributed by atoms with Gasteiger partial charge in [-0.25, -0.2) is 9.59 Å². The fraction of sp³-hybridized carbons (Fsp3) is 0.292. The average molecular weight is 463 g/mol. The smallest absolute Gasteiger partial charge is 0.368 e. The van der Waals surface area contributed by atoms with Crippen LogP contribution in [0.2, 0.25) is 0 Å². The molecular weight excluding hydrogens is 436 g/mol. The third kappa shape index (κ3) is 4.21. The van der Waals surface area contributed by atoms with Gasteiger partial charge in [0.2, 0.25) is 0 Å². The van der Waals surface area contributed by atoms with Gasteiger partial charge in [0.25, 0.3) is 0 Å². The van der Waals surface area contributed by atoms with Gasteiger partial charge in [-0.15, -0.1) is 0 Å². The topological polar surface area (TPSA) is 117 Å². The van der Waals surface area contributed by atoms with Crippen molar-refractivity contribution in [3.05, 3.63) is 74.8 Å². The zero-order chi connectivity index (χ0) is 24.4. The zero-order valence-corrected chi connectivity index (χ0v) is 19.7. The summed E-state index contributed by atoms with van der Waals surface area (Å²) >= 11 is 0. The molecular formula is C24H26N6O4. The van der Waals surface area contributed by atoms with E-state index in [4.69, 9.17) is 9.47 Å². The molecule has 2 aromatic carbocycles. The number of nitrogens with one attached hydrogen (secondary N) is 1. The minimum absolute atomic E-state index is 0.250. The van der Waals surface area contributed by atoms with Crippen molar-refractivity contribution in [3.63, 3.8) is 0 Å². The molecule has 0 amide bonds. The van der Waals surface area contributed by atoms with Gasteiger partial charge in [0, 0.05) is 23.7 Å². The first-order chi connectivity index (χ1) is 16.3. The van der Waals surface area contributed by atoms with Crippen LogP contribution in [0.25, 0.3) is 16.9 Å². The molecule has 0 aliphatic rings. The molecule has 10 heteroatoms. The highest BCUT2D eigenvalue weighted by Gasteiger charge is 2.19. The number of hydrogen-bond acceptors (Lipinski definition) is 7. The van der Waals surface area contributed by atoms with Gasteiger partial charge in [-0.2, -0.15) is 14.5 Å². The quantitative estimate of drug-likeness (QED) is 0.420. The van der Waals surface area contributed by atoms with Crippen LogP contribution in [-0.4, -0.2) is 42.6 Å². The van der Waals surface area contributed by atoms with Crippen molar-refractivity contribution in [2.45, 2.75) is 34.3 Å². The SMILES string of the molecule is CCOC(=O)c1[nH]nc(-c2ccc(OCc3c(C)cccc3-n3nnn(C)c3=O)c(C)c2)c1C. The van der Waals surface area contributed by atoms with Crippen molar-refractivity contribution in [1.29, 1.82) is 0 Å². The Morgan fingerprint density at radius 2 is 1.88 bits per heavy atom. The molecule has 0 bridgehead atoms. The molecule has 2 heterocycles.